The van der Waals surface area contributed by atoms with Gasteiger partial charge in [0, 0.05) is 6.54 Å². The van der Waals surface area contributed by atoms with Gasteiger partial charge in [-0.15, -0.1) is 5.10 Å². The summed E-state index contributed by atoms with van der Waals surface area (Å²) >= 11 is 0. The third kappa shape index (κ3) is 1.14. The molecule has 2 aromatic rings. The van der Waals surface area contributed by atoms with Gasteiger partial charge in [-0.1, -0.05) is 11.3 Å². The van der Waals surface area contributed by atoms with Crippen LogP contribution in [-0.4, -0.2) is 15.0 Å². The molecule has 0 amide bonds. The molecule has 0 unspecified atom stereocenters. The van der Waals surface area contributed by atoms with Crippen LogP contribution in [0, 0.1) is 5.92 Å². The highest BCUT2D eigenvalue weighted by atomic mass is 15.4. The Balaban J connectivity index is 2.10. The number of benzene rings is 1. The van der Waals surface area contributed by atoms with Crippen molar-refractivity contribution in [1.82, 2.24) is 15.0 Å². The topological polar surface area (TPSA) is 56.7 Å². The first-order chi connectivity index (χ1) is 6.84. The molecular formula is C10H12N4. The number of fused-ring (bicyclic) bond motifs is 1. The molecule has 2 N–H and O–H groups in total. The predicted molar refractivity (Wildman–Crippen MR) is 54.7 cm³/mol. The third-order valence-electron chi connectivity index (χ3n) is 2.70. The van der Waals surface area contributed by atoms with Crippen LogP contribution in [0.15, 0.2) is 18.2 Å². The second kappa shape index (κ2) is 2.70. The van der Waals surface area contributed by atoms with E-state index in [9.17, 15) is 0 Å². The van der Waals surface area contributed by atoms with Crippen LogP contribution in [0.1, 0.15) is 12.8 Å². The first-order valence-electron chi connectivity index (χ1n) is 4.92. The summed E-state index contributed by atoms with van der Waals surface area (Å²) in [6.45, 7) is 0.986. The summed E-state index contributed by atoms with van der Waals surface area (Å²) < 4.78 is 1.96. The van der Waals surface area contributed by atoms with Gasteiger partial charge in [0.1, 0.15) is 5.52 Å². The van der Waals surface area contributed by atoms with E-state index in [0.29, 0.717) is 5.69 Å². The van der Waals surface area contributed by atoms with Gasteiger partial charge < -0.3 is 5.73 Å². The molecule has 4 nitrogen and oxygen atoms in total. The average molecular weight is 188 g/mol. The molecule has 1 fully saturated rings. The molecule has 0 aliphatic heterocycles. The zero-order chi connectivity index (χ0) is 9.54. The number of anilines is 1. The molecule has 1 aromatic carbocycles. The molecule has 3 rings (SSSR count). The fraction of sp³-hybridized carbons (Fsp3) is 0.400. The molecule has 0 atom stereocenters. The number of rotatable bonds is 2. The van der Waals surface area contributed by atoms with Gasteiger partial charge in [0.15, 0.2) is 0 Å². The van der Waals surface area contributed by atoms with E-state index < -0.39 is 0 Å². The Labute approximate surface area is 81.7 Å². The summed E-state index contributed by atoms with van der Waals surface area (Å²) in [5, 5.41) is 8.21. The summed E-state index contributed by atoms with van der Waals surface area (Å²) in [5.41, 5.74) is 8.39. The summed E-state index contributed by atoms with van der Waals surface area (Å²) in [4.78, 5) is 0. The maximum Gasteiger partial charge on any atom is 0.136 e. The Morgan fingerprint density at radius 2 is 2.29 bits per heavy atom. The van der Waals surface area contributed by atoms with Gasteiger partial charge in [0.2, 0.25) is 0 Å². The Morgan fingerprint density at radius 3 is 3.07 bits per heavy atom. The number of hydrogen-bond donors (Lipinski definition) is 1. The van der Waals surface area contributed by atoms with Crippen molar-refractivity contribution in [2.24, 2.45) is 5.92 Å². The maximum atomic E-state index is 5.80. The summed E-state index contributed by atoms with van der Waals surface area (Å²) in [6, 6.07) is 5.83. The van der Waals surface area contributed by atoms with Crippen molar-refractivity contribution in [2.75, 3.05) is 5.73 Å². The number of aromatic nitrogens is 3. The molecular weight excluding hydrogens is 176 g/mol. The molecule has 1 aromatic heterocycles. The molecule has 0 saturated heterocycles. The van der Waals surface area contributed by atoms with Gasteiger partial charge in [-0.25, -0.2) is 4.68 Å². The number of nitrogens with zero attached hydrogens (tertiary/aromatic N) is 3. The number of hydrogen-bond acceptors (Lipinski definition) is 3. The van der Waals surface area contributed by atoms with Crippen molar-refractivity contribution in [3.05, 3.63) is 18.2 Å². The molecule has 1 heterocycles. The van der Waals surface area contributed by atoms with E-state index >= 15 is 0 Å². The molecule has 4 heteroatoms. The van der Waals surface area contributed by atoms with Crippen molar-refractivity contribution in [1.29, 1.82) is 0 Å². The van der Waals surface area contributed by atoms with E-state index in [0.717, 1.165) is 23.5 Å². The Kier molecular flexibility index (Phi) is 1.50. The van der Waals surface area contributed by atoms with Gasteiger partial charge in [-0.2, -0.15) is 0 Å². The van der Waals surface area contributed by atoms with Crippen LogP contribution < -0.4 is 5.73 Å². The molecule has 1 aliphatic carbocycles. The van der Waals surface area contributed by atoms with E-state index in [1.165, 1.54) is 12.8 Å². The lowest BCUT2D eigenvalue weighted by molar-refractivity contribution is 0.559. The predicted octanol–water partition coefficient (Wildman–Crippen LogP) is 1.42. The summed E-state index contributed by atoms with van der Waals surface area (Å²) in [7, 11) is 0. The van der Waals surface area contributed by atoms with Crippen LogP contribution in [0.2, 0.25) is 0 Å². The maximum absolute atomic E-state index is 5.80. The van der Waals surface area contributed by atoms with E-state index in [4.69, 9.17) is 5.73 Å². The van der Waals surface area contributed by atoms with Crippen LogP contribution in [0.25, 0.3) is 11.0 Å². The largest absolute Gasteiger partial charge is 0.397 e. The fourth-order valence-electron chi connectivity index (χ4n) is 1.69. The van der Waals surface area contributed by atoms with Crippen molar-refractivity contribution in [2.45, 2.75) is 19.4 Å². The lowest BCUT2D eigenvalue weighted by Gasteiger charge is -1.99. The van der Waals surface area contributed by atoms with Crippen LogP contribution >= 0.6 is 0 Å². The minimum Gasteiger partial charge on any atom is -0.397 e. The highest BCUT2D eigenvalue weighted by Crippen LogP contribution is 2.31. The Morgan fingerprint density at radius 1 is 1.43 bits per heavy atom. The molecule has 1 aliphatic rings. The number of nitrogens with two attached hydrogens (primary N) is 1. The fourth-order valence-corrected chi connectivity index (χ4v) is 1.69. The second-order valence-corrected chi connectivity index (χ2v) is 3.93. The molecule has 72 valence electrons. The van der Waals surface area contributed by atoms with Crippen molar-refractivity contribution >= 4 is 16.7 Å². The molecule has 1 saturated carbocycles. The zero-order valence-electron chi connectivity index (χ0n) is 7.85. The summed E-state index contributed by atoms with van der Waals surface area (Å²) in [5.74, 6) is 0.807. The van der Waals surface area contributed by atoms with E-state index in [1.54, 1.807) is 0 Å². The Hall–Kier alpha value is -1.58. The standard InChI is InChI=1S/C10H12N4/c11-8-2-1-3-9-10(8)12-13-14(9)6-7-4-5-7/h1-3,7H,4-6,11H2. The van der Waals surface area contributed by atoms with Crippen LogP contribution in [-0.2, 0) is 6.54 Å². The van der Waals surface area contributed by atoms with Gasteiger partial charge in [0.25, 0.3) is 0 Å². The van der Waals surface area contributed by atoms with E-state index in [-0.39, 0.29) is 0 Å². The normalized spacial score (nSPS) is 16.3. The first kappa shape index (κ1) is 7.79. The lowest BCUT2D eigenvalue weighted by Crippen LogP contribution is -2.01. The third-order valence-corrected chi connectivity index (χ3v) is 2.70. The Bertz CT molecular complexity index is 470. The molecule has 0 spiro atoms. The second-order valence-electron chi connectivity index (χ2n) is 3.93. The van der Waals surface area contributed by atoms with Gasteiger partial charge in [-0.3, -0.25) is 0 Å². The molecule has 0 bridgehead atoms. The average Bonchev–Trinajstić information content (AvgIpc) is 2.88. The molecule has 14 heavy (non-hydrogen) atoms. The van der Waals surface area contributed by atoms with Crippen LogP contribution in [0.4, 0.5) is 5.69 Å². The van der Waals surface area contributed by atoms with Crippen LogP contribution in [0.5, 0.6) is 0 Å². The SMILES string of the molecule is Nc1cccc2c1nnn2CC1CC1. The van der Waals surface area contributed by atoms with Gasteiger partial charge in [0.05, 0.1) is 11.2 Å². The van der Waals surface area contributed by atoms with Crippen molar-refractivity contribution in [3.8, 4) is 0 Å². The monoisotopic (exact) mass is 188 g/mol. The highest BCUT2D eigenvalue weighted by Gasteiger charge is 2.23. The highest BCUT2D eigenvalue weighted by molar-refractivity contribution is 5.86. The minimum atomic E-state index is 0.713. The van der Waals surface area contributed by atoms with Gasteiger partial charge in [-0.05, 0) is 30.9 Å². The first-order valence-corrected chi connectivity index (χ1v) is 4.92. The quantitative estimate of drug-likeness (QED) is 0.725. The van der Waals surface area contributed by atoms with Gasteiger partial charge >= 0.3 is 0 Å². The summed E-state index contributed by atoms with van der Waals surface area (Å²) in [6.07, 6.45) is 2.65. The minimum absolute atomic E-state index is 0.713. The van der Waals surface area contributed by atoms with Crippen molar-refractivity contribution < 1.29 is 0 Å². The lowest BCUT2D eigenvalue weighted by atomic mass is 10.2. The van der Waals surface area contributed by atoms with Crippen LogP contribution in [0.3, 0.4) is 0 Å². The van der Waals surface area contributed by atoms with E-state index in [2.05, 4.69) is 10.3 Å². The smallest absolute Gasteiger partial charge is 0.136 e. The number of nitrogen functional groups attached to an aromatic ring is 1. The van der Waals surface area contributed by atoms with Crippen molar-refractivity contribution in [3.63, 3.8) is 0 Å². The zero-order valence-corrected chi connectivity index (χ0v) is 7.85. The van der Waals surface area contributed by atoms with E-state index in [1.807, 2.05) is 22.9 Å². The molecule has 0 radical (unpaired) electrons.